The van der Waals surface area contributed by atoms with Crippen LogP contribution in [0.5, 0.6) is 0 Å². The van der Waals surface area contributed by atoms with Gasteiger partial charge in [-0.3, -0.25) is 4.98 Å². The summed E-state index contributed by atoms with van der Waals surface area (Å²) in [5.41, 5.74) is 4.96. The highest BCUT2D eigenvalue weighted by Crippen LogP contribution is 2.56. The van der Waals surface area contributed by atoms with E-state index in [2.05, 4.69) is 27.7 Å². The molecular formula is C30H28Cl2N4O3. The molecule has 0 atom stereocenters. The van der Waals surface area contributed by atoms with Crippen molar-refractivity contribution in [2.75, 3.05) is 13.1 Å². The van der Waals surface area contributed by atoms with Crippen molar-refractivity contribution in [1.82, 2.24) is 15.0 Å². The highest BCUT2D eigenvalue weighted by molar-refractivity contribution is 6.39. The summed E-state index contributed by atoms with van der Waals surface area (Å²) >= 11 is 13.0. The minimum atomic E-state index is -0.999. The van der Waals surface area contributed by atoms with Gasteiger partial charge in [0.05, 0.1) is 21.3 Å². The Morgan fingerprint density at radius 1 is 1.23 bits per heavy atom. The first-order valence-electron chi connectivity index (χ1n) is 13.1. The summed E-state index contributed by atoms with van der Waals surface area (Å²) in [6.45, 7) is 7.62. The second kappa shape index (κ2) is 9.96. The summed E-state index contributed by atoms with van der Waals surface area (Å²) in [5.74, 6) is 1.17. The molecule has 0 aromatic carbocycles. The number of hydrogen-bond acceptors (Lipinski definition) is 6. The van der Waals surface area contributed by atoms with E-state index in [0.717, 1.165) is 62.3 Å². The Labute approximate surface area is 236 Å². The molecule has 0 radical (unpaired) electrons. The van der Waals surface area contributed by atoms with Crippen LogP contribution in [0.1, 0.15) is 56.3 Å². The molecule has 1 N–H and O–H groups in total. The topological polar surface area (TPSA) is 91.8 Å². The van der Waals surface area contributed by atoms with E-state index in [1.807, 2.05) is 13.0 Å². The lowest BCUT2D eigenvalue weighted by molar-refractivity contribution is -0.132. The van der Waals surface area contributed by atoms with Crippen molar-refractivity contribution >= 4 is 40.5 Å². The average Bonchev–Trinajstić information content (AvgIpc) is 3.66. The Morgan fingerprint density at radius 3 is 2.54 bits per heavy atom. The first-order valence-corrected chi connectivity index (χ1v) is 13.9. The van der Waals surface area contributed by atoms with Crippen LogP contribution < -0.4 is 0 Å². The molecule has 0 bridgehead atoms. The minimum absolute atomic E-state index is 0.118. The zero-order valence-corrected chi connectivity index (χ0v) is 23.1. The van der Waals surface area contributed by atoms with E-state index in [-0.39, 0.29) is 11.0 Å². The Kier molecular flexibility index (Phi) is 6.60. The summed E-state index contributed by atoms with van der Waals surface area (Å²) in [7, 11) is 0. The van der Waals surface area contributed by atoms with Gasteiger partial charge < -0.3 is 14.5 Å². The van der Waals surface area contributed by atoms with Gasteiger partial charge in [0.2, 0.25) is 0 Å². The summed E-state index contributed by atoms with van der Waals surface area (Å²) < 4.78 is 5.87. The van der Waals surface area contributed by atoms with Gasteiger partial charge in [-0.2, -0.15) is 0 Å². The number of pyridine rings is 1. The van der Waals surface area contributed by atoms with E-state index >= 15 is 0 Å². The fraction of sp³-hybridized carbons (Fsp3) is 0.333. The molecule has 2 aromatic rings. The summed E-state index contributed by atoms with van der Waals surface area (Å²) in [4.78, 5) is 22.7. The number of rotatable bonds is 6. The maximum Gasteiger partial charge on any atom is 0.336 e. The van der Waals surface area contributed by atoms with Gasteiger partial charge in [0.1, 0.15) is 17.3 Å². The predicted octanol–water partition coefficient (Wildman–Crippen LogP) is 7.23. The van der Waals surface area contributed by atoms with Gasteiger partial charge in [-0.25, -0.2) is 9.79 Å². The van der Waals surface area contributed by atoms with Gasteiger partial charge in [-0.05, 0) is 68.2 Å². The van der Waals surface area contributed by atoms with Crippen LogP contribution in [0.25, 0.3) is 16.8 Å². The fourth-order valence-corrected chi connectivity index (χ4v) is 6.29. The standard InChI is InChI=1S/C30H28Cl2N4O3/c1-3-24(34-23-6-4-5-20(17(23)2)29(37)38)36-11-9-30(10-12-36)13-19(14-30)25-27(35-39-28(25)18-7-8-18)26-21(31)15-33-16-22(26)32/h3-6,13,15-16,18H,2,7-12,14H2,1H3,(H,37,38)/b24-3+,34-23-. The number of likely N-dealkylation sites (tertiary alicyclic amines) is 1. The average molecular weight is 563 g/mol. The molecule has 1 saturated heterocycles. The second-order valence-corrected chi connectivity index (χ2v) is 11.4. The SMILES string of the molecule is C=C1C(C(=O)O)=CC=C/C1=N/C(=C\C)N1CCC2(C=C(c3c(-c4c(Cl)cncc4Cl)noc3C3CC3)C2)CC1. The predicted molar refractivity (Wildman–Crippen MR) is 153 cm³/mol. The Balaban J connectivity index is 1.21. The largest absolute Gasteiger partial charge is 0.478 e. The van der Waals surface area contributed by atoms with E-state index in [4.69, 9.17) is 32.7 Å². The van der Waals surface area contributed by atoms with Crippen LogP contribution in [0.2, 0.25) is 10.0 Å². The lowest BCUT2D eigenvalue weighted by Crippen LogP contribution is -2.41. The van der Waals surface area contributed by atoms with Crippen LogP contribution >= 0.6 is 23.2 Å². The number of carbonyl (C=O) groups is 1. The number of hydrogen-bond donors (Lipinski definition) is 1. The molecule has 9 heteroatoms. The molecule has 2 aromatic heterocycles. The van der Waals surface area contributed by atoms with Crippen LogP contribution in [0.3, 0.4) is 0 Å². The number of carboxylic acid groups (broad SMARTS) is 1. The van der Waals surface area contributed by atoms with Crippen molar-refractivity contribution in [3.8, 4) is 11.3 Å². The van der Waals surface area contributed by atoms with E-state index in [1.54, 1.807) is 30.6 Å². The number of halogens is 2. The Bertz CT molecular complexity index is 1510. The summed E-state index contributed by atoms with van der Waals surface area (Å²) in [5, 5.41) is 14.8. The quantitative estimate of drug-likeness (QED) is 0.399. The van der Waals surface area contributed by atoms with Gasteiger partial charge in [0, 0.05) is 48.1 Å². The highest BCUT2D eigenvalue weighted by Gasteiger charge is 2.44. The first-order chi connectivity index (χ1) is 18.8. The number of aliphatic imine (C=N–C) groups is 1. The maximum atomic E-state index is 11.5. The van der Waals surface area contributed by atoms with E-state index in [1.165, 1.54) is 5.57 Å². The number of nitrogens with zero attached hydrogens (tertiary/aromatic N) is 4. The molecule has 3 heterocycles. The van der Waals surface area contributed by atoms with Gasteiger partial charge in [-0.1, -0.05) is 47.1 Å². The van der Waals surface area contributed by atoms with E-state index in [0.29, 0.717) is 38.5 Å². The molecule has 0 unspecified atom stereocenters. The number of aliphatic carboxylic acids is 1. The van der Waals surface area contributed by atoms with Crippen molar-refractivity contribution in [2.45, 2.75) is 44.9 Å². The van der Waals surface area contributed by atoms with Gasteiger partial charge >= 0.3 is 5.97 Å². The molecule has 3 aliphatic carbocycles. The van der Waals surface area contributed by atoms with Crippen LogP contribution in [0, 0.1) is 5.41 Å². The number of carboxylic acids is 1. The number of piperidine rings is 1. The molecule has 200 valence electrons. The van der Waals surface area contributed by atoms with Crippen molar-refractivity contribution in [3.05, 3.63) is 87.7 Å². The number of allylic oxidation sites excluding steroid dienone is 6. The van der Waals surface area contributed by atoms with Crippen molar-refractivity contribution in [3.63, 3.8) is 0 Å². The summed E-state index contributed by atoms with van der Waals surface area (Å²) in [6, 6.07) is 0. The zero-order valence-electron chi connectivity index (χ0n) is 21.6. The lowest BCUT2D eigenvalue weighted by atomic mass is 9.63. The van der Waals surface area contributed by atoms with Gasteiger partial charge in [0.25, 0.3) is 0 Å². The normalized spacial score (nSPS) is 21.7. The first kappa shape index (κ1) is 25.8. The monoisotopic (exact) mass is 562 g/mol. The maximum absolute atomic E-state index is 11.5. The third-order valence-corrected chi connectivity index (χ3v) is 8.63. The van der Waals surface area contributed by atoms with Crippen LogP contribution in [-0.2, 0) is 4.79 Å². The Hall–Kier alpha value is -3.42. The molecule has 2 fully saturated rings. The highest BCUT2D eigenvalue weighted by atomic mass is 35.5. The van der Waals surface area contributed by atoms with Crippen molar-refractivity contribution in [2.24, 2.45) is 10.4 Å². The third-order valence-electron chi connectivity index (χ3n) is 8.06. The third kappa shape index (κ3) is 4.68. The molecule has 7 nitrogen and oxygen atoms in total. The van der Waals surface area contributed by atoms with Crippen LogP contribution in [0.15, 0.2) is 75.8 Å². The minimum Gasteiger partial charge on any atom is -0.478 e. The number of aromatic nitrogens is 2. The second-order valence-electron chi connectivity index (χ2n) is 10.6. The molecule has 1 aliphatic heterocycles. The molecule has 39 heavy (non-hydrogen) atoms. The fourth-order valence-electron chi connectivity index (χ4n) is 5.75. The van der Waals surface area contributed by atoms with Gasteiger partial charge in [-0.15, -0.1) is 0 Å². The smallest absolute Gasteiger partial charge is 0.336 e. The van der Waals surface area contributed by atoms with Gasteiger partial charge in [0.15, 0.2) is 0 Å². The molecule has 0 amide bonds. The molecular weight excluding hydrogens is 535 g/mol. The molecule has 4 aliphatic rings. The van der Waals surface area contributed by atoms with Crippen molar-refractivity contribution in [1.29, 1.82) is 0 Å². The molecule has 1 spiro atoms. The van der Waals surface area contributed by atoms with E-state index in [9.17, 15) is 9.90 Å². The lowest BCUT2D eigenvalue weighted by Gasteiger charge is -2.47. The Morgan fingerprint density at radius 2 is 1.92 bits per heavy atom. The summed E-state index contributed by atoms with van der Waals surface area (Å²) in [6.07, 6.45) is 17.7. The zero-order chi connectivity index (χ0) is 27.3. The van der Waals surface area contributed by atoms with Crippen molar-refractivity contribution < 1.29 is 14.4 Å². The molecule has 1 saturated carbocycles. The van der Waals surface area contributed by atoms with Crippen LogP contribution in [-0.4, -0.2) is 44.9 Å². The molecule has 6 rings (SSSR count). The van der Waals surface area contributed by atoms with E-state index < -0.39 is 5.97 Å². The van der Waals surface area contributed by atoms with Crippen LogP contribution in [0.4, 0.5) is 0 Å².